The molecule has 30 heavy (non-hydrogen) atoms. The summed E-state index contributed by atoms with van der Waals surface area (Å²) in [5.41, 5.74) is 2.26. The summed E-state index contributed by atoms with van der Waals surface area (Å²) in [6.45, 7) is 5.04. The number of benzene rings is 1. The molecule has 0 radical (unpaired) electrons. The lowest BCUT2D eigenvalue weighted by atomic mass is 9.98. The van der Waals surface area contributed by atoms with Crippen LogP contribution in [0.1, 0.15) is 41.6 Å². The van der Waals surface area contributed by atoms with E-state index >= 15 is 0 Å². The van der Waals surface area contributed by atoms with Crippen molar-refractivity contribution in [1.82, 2.24) is 9.47 Å². The normalized spacial score (nSPS) is 16.8. The number of furan rings is 1. The topological polar surface area (TPSA) is 64.7 Å². The number of aryl methyl sites for hydroxylation is 1. The molecule has 0 bridgehead atoms. The summed E-state index contributed by atoms with van der Waals surface area (Å²) < 4.78 is 27.0. The Balaban J connectivity index is 1.66. The highest BCUT2D eigenvalue weighted by Crippen LogP contribution is 2.28. The van der Waals surface area contributed by atoms with E-state index in [0.29, 0.717) is 43.0 Å². The van der Waals surface area contributed by atoms with Crippen LogP contribution >= 0.6 is 0 Å². The van der Waals surface area contributed by atoms with Gasteiger partial charge >= 0.3 is 5.97 Å². The number of rotatable bonds is 5. The smallest absolute Gasteiger partial charge is 0.310 e. The molecule has 158 valence electrons. The molecule has 0 N–H and O–H groups in total. The molecule has 1 aromatic carbocycles. The highest BCUT2D eigenvalue weighted by molar-refractivity contribution is 5.98. The van der Waals surface area contributed by atoms with Crippen molar-refractivity contribution in [3.8, 4) is 0 Å². The molecule has 1 aliphatic heterocycles. The Morgan fingerprint density at radius 2 is 2.07 bits per heavy atom. The van der Waals surface area contributed by atoms with E-state index < -0.39 is 0 Å². The fourth-order valence-corrected chi connectivity index (χ4v) is 4.09. The van der Waals surface area contributed by atoms with E-state index in [1.807, 2.05) is 13.0 Å². The van der Waals surface area contributed by atoms with Gasteiger partial charge < -0.3 is 18.6 Å². The lowest BCUT2D eigenvalue weighted by Crippen LogP contribution is -2.43. The number of carbonyl (C=O) groups excluding carboxylic acids is 2. The molecular weight excluding hydrogens is 387 g/mol. The molecule has 1 amide bonds. The van der Waals surface area contributed by atoms with Gasteiger partial charge in [-0.15, -0.1) is 0 Å². The van der Waals surface area contributed by atoms with Crippen molar-refractivity contribution in [2.24, 2.45) is 5.92 Å². The van der Waals surface area contributed by atoms with Gasteiger partial charge in [0.2, 0.25) is 0 Å². The van der Waals surface area contributed by atoms with Crippen LogP contribution < -0.4 is 0 Å². The zero-order chi connectivity index (χ0) is 21.3. The first-order chi connectivity index (χ1) is 14.5. The number of hydrogen-bond donors (Lipinski definition) is 0. The number of fused-ring (bicyclic) bond motifs is 1. The van der Waals surface area contributed by atoms with E-state index in [4.69, 9.17) is 9.15 Å². The van der Waals surface area contributed by atoms with Crippen LogP contribution in [0, 0.1) is 18.7 Å². The van der Waals surface area contributed by atoms with E-state index in [1.54, 1.807) is 40.7 Å². The van der Waals surface area contributed by atoms with E-state index in [-0.39, 0.29) is 30.2 Å². The molecule has 1 saturated heterocycles. The first-order valence-electron chi connectivity index (χ1n) is 10.3. The van der Waals surface area contributed by atoms with Crippen LogP contribution in [-0.4, -0.2) is 41.0 Å². The maximum Gasteiger partial charge on any atom is 0.310 e. The highest BCUT2D eigenvalue weighted by atomic mass is 19.1. The average Bonchev–Trinajstić information content (AvgIpc) is 3.26. The SMILES string of the molecule is CCOC(=O)[C@H]1CCCN(C(=O)c2cc3oc(C)cc3n2Cc2ccccc2F)C1. The number of piperidine rings is 1. The highest BCUT2D eigenvalue weighted by Gasteiger charge is 2.31. The summed E-state index contributed by atoms with van der Waals surface area (Å²) in [4.78, 5) is 27.2. The van der Waals surface area contributed by atoms with Crippen LogP contribution in [-0.2, 0) is 16.1 Å². The summed E-state index contributed by atoms with van der Waals surface area (Å²) in [5.74, 6) is -0.367. The van der Waals surface area contributed by atoms with Gasteiger partial charge in [0.25, 0.3) is 5.91 Å². The van der Waals surface area contributed by atoms with Crippen LogP contribution in [0.5, 0.6) is 0 Å². The fourth-order valence-electron chi connectivity index (χ4n) is 4.09. The third kappa shape index (κ3) is 3.84. The Bertz CT molecular complexity index is 1080. The minimum Gasteiger partial charge on any atom is -0.466 e. The monoisotopic (exact) mass is 412 g/mol. The first kappa shape index (κ1) is 20.2. The van der Waals surface area contributed by atoms with Crippen LogP contribution in [0.25, 0.3) is 11.1 Å². The van der Waals surface area contributed by atoms with Crippen molar-refractivity contribution in [2.75, 3.05) is 19.7 Å². The molecule has 0 saturated carbocycles. The van der Waals surface area contributed by atoms with E-state index in [2.05, 4.69) is 0 Å². The Hall–Kier alpha value is -3.09. The second kappa shape index (κ2) is 8.34. The van der Waals surface area contributed by atoms with Crippen molar-refractivity contribution in [1.29, 1.82) is 0 Å². The summed E-state index contributed by atoms with van der Waals surface area (Å²) >= 11 is 0. The number of likely N-dealkylation sites (tertiary alicyclic amines) is 1. The molecule has 7 heteroatoms. The van der Waals surface area contributed by atoms with Gasteiger partial charge in [0, 0.05) is 30.8 Å². The number of aromatic nitrogens is 1. The second-order valence-corrected chi connectivity index (χ2v) is 7.66. The lowest BCUT2D eigenvalue weighted by Gasteiger charge is -2.31. The number of carbonyl (C=O) groups is 2. The van der Waals surface area contributed by atoms with Gasteiger partial charge in [0.1, 0.15) is 17.3 Å². The average molecular weight is 412 g/mol. The molecule has 2 aromatic heterocycles. The number of ether oxygens (including phenoxy) is 1. The summed E-state index contributed by atoms with van der Waals surface area (Å²) in [5, 5.41) is 0. The van der Waals surface area contributed by atoms with Crippen molar-refractivity contribution < 1.29 is 23.1 Å². The van der Waals surface area contributed by atoms with Gasteiger partial charge in [0.05, 0.1) is 24.6 Å². The van der Waals surface area contributed by atoms with Gasteiger partial charge in [-0.1, -0.05) is 18.2 Å². The standard InChI is InChI=1S/C23H25FN2O4/c1-3-29-23(28)17-8-6-10-25(13-17)22(27)20-12-21-19(11-15(2)30-21)26(20)14-16-7-4-5-9-18(16)24/h4-5,7,9,11-12,17H,3,6,8,10,13-14H2,1-2H3/t17-/m0/s1. The summed E-state index contributed by atoms with van der Waals surface area (Å²) in [6.07, 6.45) is 1.44. The molecule has 4 rings (SSSR count). The minimum atomic E-state index is -0.321. The van der Waals surface area contributed by atoms with Crippen LogP contribution in [0.3, 0.4) is 0 Å². The van der Waals surface area contributed by atoms with Crippen LogP contribution in [0.4, 0.5) is 4.39 Å². The zero-order valence-corrected chi connectivity index (χ0v) is 17.2. The van der Waals surface area contributed by atoms with Crippen molar-refractivity contribution in [2.45, 2.75) is 33.2 Å². The molecule has 1 fully saturated rings. The zero-order valence-electron chi connectivity index (χ0n) is 17.2. The molecule has 3 heterocycles. The van der Waals surface area contributed by atoms with Gasteiger partial charge in [-0.2, -0.15) is 0 Å². The van der Waals surface area contributed by atoms with Crippen molar-refractivity contribution >= 4 is 23.0 Å². The fraction of sp³-hybridized carbons (Fsp3) is 0.391. The Morgan fingerprint density at radius 3 is 2.83 bits per heavy atom. The third-order valence-corrected chi connectivity index (χ3v) is 5.55. The van der Waals surface area contributed by atoms with Gasteiger partial charge in [-0.3, -0.25) is 9.59 Å². The molecule has 0 aliphatic carbocycles. The minimum absolute atomic E-state index is 0.190. The summed E-state index contributed by atoms with van der Waals surface area (Å²) in [6, 6.07) is 10.1. The Kier molecular flexibility index (Phi) is 5.61. The van der Waals surface area contributed by atoms with E-state index in [0.717, 1.165) is 17.7 Å². The van der Waals surface area contributed by atoms with Gasteiger partial charge in [-0.05, 0) is 32.8 Å². The Labute approximate surface area is 174 Å². The maximum absolute atomic E-state index is 14.3. The lowest BCUT2D eigenvalue weighted by molar-refractivity contribution is -0.149. The maximum atomic E-state index is 14.3. The Morgan fingerprint density at radius 1 is 1.27 bits per heavy atom. The predicted molar refractivity (Wildman–Crippen MR) is 110 cm³/mol. The predicted octanol–water partition coefficient (Wildman–Crippen LogP) is 4.15. The molecule has 3 aromatic rings. The summed E-state index contributed by atoms with van der Waals surface area (Å²) in [7, 11) is 0. The van der Waals surface area contributed by atoms with E-state index in [9.17, 15) is 14.0 Å². The number of hydrogen-bond acceptors (Lipinski definition) is 4. The van der Waals surface area contributed by atoms with Crippen LogP contribution in [0.2, 0.25) is 0 Å². The molecule has 1 aliphatic rings. The number of esters is 1. The second-order valence-electron chi connectivity index (χ2n) is 7.66. The van der Waals surface area contributed by atoms with Crippen molar-refractivity contribution in [3.05, 3.63) is 59.2 Å². The molecule has 6 nitrogen and oxygen atoms in total. The number of nitrogens with zero attached hydrogens (tertiary/aromatic N) is 2. The van der Waals surface area contributed by atoms with E-state index in [1.165, 1.54) is 6.07 Å². The van der Waals surface area contributed by atoms with Gasteiger partial charge in [-0.25, -0.2) is 4.39 Å². The third-order valence-electron chi connectivity index (χ3n) is 5.55. The molecule has 1 atom stereocenters. The number of halogens is 1. The quantitative estimate of drug-likeness (QED) is 0.591. The van der Waals surface area contributed by atoms with Crippen LogP contribution in [0.15, 0.2) is 40.8 Å². The van der Waals surface area contributed by atoms with Crippen molar-refractivity contribution in [3.63, 3.8) is 0 Å². The number of amides is 1. The largest absolute Gasteiger partial charge is 0.466 e. The molecule has 0 spiro atoms. The first-order valence-corrected chi connectivity index (χ1v) is 10.3. The molecule has 0 unspecified atom stereocenters. The molecular formula is C23H25FN2O4. The van der Waals surface area contributed by atoms with Gasteiger partial charge in [0.15, 0.2) is 5.58 Å².